The molecule has 0 aliphatic carbocycles. The van der Waals surface area contributed by atoms with Crippen molar-refractivity contribution in [1.82, 2.24) is 19.2 Å². The molecule has 2 unspecified atom stereocenters. The Bertz CT molecular complexity index is 487. The third-order valence-electron chi connectivity index (χ3n) is 4.78. The summed E-state index contributed by atoms with van der Waals surface area (Å²) in [7, 11) is -3.37. The van der Waals surface area contributed by atoms with Gasteiger partial charge in [0.1, 0.15) is 0 Å². The Hall–Kier alpha value is -0.700. The molecule has 23 heavy (non-hydrogen) atoms. The maximum atomic E-state index is 12.6. The lowest BCUT2D eigenvalue weighted by Crippen LogP contribution is -2.50. The highest BCUT2D eigenvalue weighted by Crippen LogP contribution is 2.20. The zero-order valence-electron chi connectivity index (χ0n) is 14.3. The summed E-state index contributed by atoms with van der Waals surface area (Å²) in [5.74, 6) is 0.241. The second kappa shape index (κ2) is 8.41. The summed E-state index contributed by atoms with van der Waals surface area (Å²) in [6.07, 6.45) is 3.74. The molecular formula is C15H30N4O3S. The normalized spacial score (nSPS) is 26.6. The van der Waals surface area contributed by atoms with Crippen molar-refractivity contribution in [3.05, 3.63) is 0 Å². The molecule has 0 bridgehead atoms. The second-order valence-electron chi connectivity index (χ2n) is 6.35. The van der Waals surface area contributed by atoms with E-state index in [0.29, 0.717) is 32.7 Å². The van der Waals surface area contributed by atoms with E-state index < -0.39 is 10.2 Å². The molecule has 2 aliphatic heterocycles. The number of piperidine rings is 1. The number of amides is 1. The van der Waals surface area contributed by atoms with E-state index in [4.69, 9.17) is 0 Å². The number of nitrogens with zero attached hydrogens (tertiary/aromatic N) is 2. The average Bonchev–Trinajstić information content (AvgIpc) is 3.08. The third kappa shape index (κ3) is 4.65. The van der Waals surface area contributed by atoms with E-state index in [2.05, 4.69) is 10.6 Å². The minimum Gasteiger partial charge on any atom is -0.354 e. The minimum atomic E-state index is -3.37. The van der Waals surface area contributed by atoms with Crippen molar-refractivity contribution in [2.45, 2.75) is 45.6 Å². The molecule has 0 aromatic heterocycles. The van der Waals surface area contributed by atoms with Gasteiger partial charge in [0.25, 0.3) is 10.2 Å². The number of hydrogen-bond donors (Lipinski definition) is 2. The Morgan fingerprint density at radius 3 is 2.61 bits per heavy atom. The van der Waals surface area contributed by atoms with Gasteiger partial charge < -0.3 is 10.6 Å². The fraction of sp³-hybridized carbons (Fsp3) is 0.933. The fourth-order valence-electron chi connectivity index (χ4n) is 3.39. The zero-order chi connectivity index (χ0) is 16.9. The van der Waals surface area contributed by atoms with Crippen LogP contribution in [0.5, 0.6) is 0 Å². The van der Waals surface area contributed by atoms with Crippen molar-refractivity contribution < 1.29 is 13.2 Å². The predicted octanol–water partition coefficient (Wildman–Crippen LogP) is 0.153. The Morgan fingerprint density at radius 1 is 1.26 bits per heavy atom. The first-order valence-electron chi connectivity index (χ1n) is 8.75. The fourth-order valence-corrected chi connectivity index (χ4v) is 5.13. The lowest BCUT2D eigenvalue weighted by atomic mass is 9.99. The molecule has 2 N–H and O–H groups in total. The maximum absolute atomic E-state index is 12.6. The van der Waals surface area contributed by atoms with Crippen LogP contribution in [0.3, 0.4) is 0 Å². The van der Waals surface area contributed by atoms with Gasteiger partial charge in [0, 0.05) is 32.7 Å². The van der Waals surface area contributed by atoms with Crippen LogP contribution in [0.1, 0.15) is 39.5 Å². The number of nitrogens with one attached hydrogen (secondary N) is 2. The average molecular weight is 346 g/mol. The van der Waals surface area contributed by atoms with E-state index in [1.165, 1.54) is 4.31 Å². The number of carbonyl (C=O) groups excluding carboxylic acids is 1. The van der Waals surface area contributed by atoms with Crippen LogP contribution < -0.4 is 10.6 Å². The highest BCUT2D eigenvalue weighted by Gasteiger charge is 2.32. The van der Waals surface area contributed by atoms with Crippen molar-refractivity contribution >= 4 is 16.1 Å². The molecule has 0 saturated carbocycles. The van der Waals surface area contributed by atoms with Gasteiger partial charge >= 0.3 is 0 Å². The van der Waals surface area contributed by atoms with E-state index in [9.17, 15) is 13.2 Å². The lowest BCUT2D eigenvalue weighted by Gasteiger charge is -2.35. The Kier molecular flexibility index (Phi) is 6.82. The van der Waals surface area contributed by atoms with Crippen LogP contribution >= 0.6 is 0 Å². The van der Waals surface area contributed by atoms with Gasteiger partial charge in [0.05, 0.1) is 6.04 Å². The van der Waals surface area contributed by atoms with E-state index in [-0.39, 0.29) is 17.9 Å². The number of carbonyl (C=O) groups is 1. The van der Waals surface area contributed by atoms with Crippen molar-refractivity contribution in [3.8, 4) is 0 Å². The lowest BCUT2D eigenvalue weighted by molar-refractivity contribution is -0.123. The SMILES string of the molecule is CCN(CC)S(=O)(=O)N1CCCC(CNC(=O)C2CCCN2)C1. The van der Waals surface area contributed by atoms with Gasteiger partial charge in [-0.05, 0) is 38.1 Å². The molecule has 2 rings (SSSR count). The third-order valence-corrected chi connectivity index (χ3v) is 6.93. The van der Waals surface area contributed by atoms with E-state index in [1.54, 1.807) is 4.31 Å². The van der Waals surface area contributed by atoms with E-state index in [1.807, 2.05) is 13.8 Å². The first-order valence-corrected chi connectivity index (χ1v) is 10.1. The van der Waals surface area contributed by atoms with Crippen molar-refractivity contribution in [2.24, 2.45) is 5.92 Å². The summed E-state index contributed by atoms with van der Waals surface area (Å²) in [5.41, 5.74) is 0. The van der Waals surface area contributed by atoms with Gasteiger partial charge in [-0.3, -0.25) is 4.79 Å². The van der Waals surface area contributed by atoms with Crippen LogP contribution in [0.4, 0.5) is 0 Å². The molecule has 1 amide bonds. The minimum absolute atomic E-state index is 0.0474. The molecule has 0 aromatic rings. The molecule has 2 fully saturated rings. The van der Waals surface area contributed by atoms with Gasteiger partial charge in [-0.15, -0.1) is 0 Å². The van der Waals surface area contributed by atoms with Crippen LogP contribution in [-0.4, -0.2) is 68.2 Å². The monoisotopic (exact) mass is 346 g/mol. The summed E-state index contributed by atoms with van der Waals surface area (Å²) in [5, 5.41) is 6.17. The smallest absolute Gasteiger partial charge is 0.281 e. The van der Waals surface area contributed by atoms with Crippen LogP contribution in [0, 0.1) is 5.92 Å². The largest absolute Gasteiger partial charge is 0.354 e. The van der Waals surface area contributed by atoms with Crippen LogP contribution in [0.2, 0.25) is 0 Å². The Labute approximate surface area is 140 Å². The summed E-state index contributed by atoms with van der Waals surface area (Å²) in [6, 6.07) is -0.0749. The molecule has 0 aromatic carbocycles. The van der Waals surface area contributed by atoms with Crippen LogP contribution in [-0.2, 0) is 15.0 Å². The van der Waals surface area contributed by atoms with Gasteiger partial charge in [0.2, 0.25) is 5.91 Å². The van der Waals surface area contributed by atoms with Gasteiger partial charge in [0.15, 0.2) is 0 Å². The molecule has 2 atom stereocenters. The summed E-state index contributed by atoms with van der Waals surface area (Å²) in [6.45, 7) is 7.23. The molecule has 2 heterocycles. The molecule has 8 heteroatoms. The van der Waals surface area contributed by atoms with Gasteiger partial charge in [-0.1, -0.05) is 13.8 Å². The summed E-state index contributed by atoms with van der Waals surface area (Å²) >= 11 is 0. The topological polar surface area (TPSA) is 81.8 Å². The van der Waals surface area contributed by atoms with Crippen LogP contribution in [0.25, 0.3) is 0 Å². The first-order chi connectivity index (χ1) is 11.0. The summed E-state index contributed by atoms with van der Waals surface area (Å²) in [4.78, 5) is 12.1. The van der Waals surface area contributed by atoms with E-state index in [0.717, 1.165) is 32.2 Å². The number of rotatable bonds is 7. The zero-order valence-corrected chi connectivity index (χ0v) is 15.1. The Balaban J connectivity index is 1.86. The van der Waals surface area contributed by atoms with Crippen LogP contribution in [0.15, 0.2) is 0 Å². The molecule has 7 nitrogen and oxygen atoms in total. The number of hydrogen-bond acceptors (Lipinski definition) is 4. The maximum Gasteiger partial charge on any atom is 0.281 e. The standard InChI is InChI=1S/C15H30N4O3S/c1-3-18(4-2)23(21,22)19-10-6-7-13(12-19)11-17-15(20)14-8-5-9-16-14/h13-14,16H,3-12H2,1-2H3,(H,17,20). The molecule has 2 aliphatic rings. The Morgan fingerprint density at radius 2 is 2.00 bits per heavy atom. The highest BCUT2D eigenvalue weighted by atomic mass is 32.2. The quantitative estimate of drug-likeness (QED) is 0.688. The van der Waals surface area contributed by atoms with E-state index >= 15 is 0 Å². The van der Waals surface area contributed by atoms with Gasteiger partial charge in [-0.2, -0.15) is 17.0 Å². The second-order valence-corrected chi connectivity index (χ2v) is 8.28. The summed E-state index contributed by atoms with van der Waals surface area (Å²) < 4.78 is 28.3. The predicted molar refractivity (Wildman–Crippen MR) is 90.2 cm³/mol. The van der Waals surface area contributed by atoms with Crippen molar-refractivity contribution in [1.29, 1.82) is 0 Å². The first kappa shape index (κ1) is 18.6. The molecular weight excluding hydrogens is 316 g/mol. The molecule has 134 valence electrons. The molecule has 2 saturated heterocycles. The van der Waals surface area contributed by atoms with Gasteiger partial charge in [-0.25, -0.2) is 0 Å². The highest BCUT2D eigenvalue weighted by molar-refractivity contribution is 7.86. The van der Waals surface area contributed by atoms with Crippen molar-refractivity contribution in [3.63, 3.8) is 0 Å². The molecule has 0 spiro atoms. The van der Waals surface area contributed by atoms with Crippen molar-refractivity contribution in [2.75, 3.05) is 39.3 Å². The molecule has 0 radical (unpaired) electrons.